The standard InChI is InChI=1S/C17H19N3O3/c1-11-8-13(16(21)22)10-20(9-11)17(23)19-14-6-2-4-12-5-3-7-18-15(12)14/h2-7,11,13H,8-10H2,1H3,(H,19,23)(H,21,22). The van der Waals surface area contributed by atoms with Crippen molar-refractivity contribution >= 4 is 28.6 Å². The maximum atomic E-state index is 12.5. The van der Waals surface area contributed by atoms with Gasteiger partial charge in [-0.2, -0.15) is 0 Å². The van der Waals surface area contributed by atoms with Crippen molar-refractivity contribution in [3.63, 3.8) is 0 Å². The number of likely N-dealkylation sites (tertiary alicyclic amines) is 1. The molecule has 1 fully saturated rings. The van der Waals surface area contributed by atoms with Crippen LogP contribution in [-0.2, 0) is 4.79 Å². The first-order valence-electron chi connectivity index (χ1n) is 7.67. The number of hydrogen-bond acceptors (Lipinski definition) is 3. The number of amides is 2. The van der Waals surface area contributed by atoms with E-state index in [0.29, 0.717) is 18.7 Å². The van der Waals surface area contributed by atoms with Gasteiger partial charge in [-0.1, -0.05) is 25.1 Å². The zero-order valence-corrected chi connectivity index (χ0v) is 12.9. The number of urea groups is 1. The maximum Gasteiger partial charge on any atom is 0.321 e. The van der Waals surface area contributed by atoms with Crippen molar-refractivity contribution in [2.24, 2.45) is 11.8 Å². The topological polar surface area (TPSA) is 82.5 Å². The maximum absolute atomic E-state index is 12.5. The van der Waals surface area contributed by atoms with E-state index in [1.807, 2.05) is 31.2 Å². The average Bonchev–Trinajstić information content (AvgIpc) is 2.54. The lowest BCUT2D eigenvalue weighted by Crippen LogP contribution is -2.47. The summed E-state index contributed by atoms with van der Waals surface area (Å²) in [5.41, 5.74) is 1.36. The quantitative estimate of drug-likeness (QED) is 0.893. The van der Waals surface area contributed by atoms with Gasteiger partial charge in [0, 0.05) is 24.7 Å². The summed E-state index contributed by atoms with van der Waals surface area (Å²) < 4.78 is 0. The number of benzene rings is 1. The van der Waals surface area contributed by atoms with E-state index in [4.69, 9.17) is 0 Å². The fraction of sp³-hybridized carbons (Fsp3) is 0.353. The molecule has 120 valence electrons. The Morgan fingerprint density at radius 1 is 1.26 bits per heavy atom. The molecule has 1 saturated heterocycles. The molecular weight excluding hydrogens is 294 g/mol. The lowest BCUT2D eigenvalue weighted by molar-refractivity contribution is -0.143. The Hall–Kier alpha value is -2.63. The molecule has 2 amide bonds. The fourth-order valence-corrected chi connectivity index (χ4v) is 3.10. The Morgan fingerprint density at radius 2 is 2.04 bits per heavy atom. The molecule has 1 aromatic heterocycles. The van der Waals surface area contributed by atoms with E-state index in [1.54, 1.807) is 17.2 Å². The molecule has 0 saturated carbocycles. The number of carboxylic acid groups (broad SMARTS) is 1. The Labute approximate surface area is 134 Å². The van der Waals surface area contributed by atoms with Crippen LogP contribution in [0.1, 0.15) is 13.3 Å². The fourth-order valence-electron chi connectivity index (χ4n) is 3.10. The number of carboxylic acids is 1. The van der Waals surface area contributed by atoms with Crippen LogP contribution < -0.4 is 5.32 Å². The third kappa shape index (κ3) is 3.26. The van der Waals surface area contributed by atoms with Crippen LogP contribution >= 0.6 is 0 Å². The number of aromatic nitrogens is 1. The number of piperidine rings is 1. The van der Waals surface area contributed by atoms with Crippen molar-refractivity contribution in [1.29, 1.82) is 0 Å². The molecule has 0 bridgehead atoms. The number of carbonyl (C=O) groups is 2. The molecule has 1 aliphatic rings. The van der Waals surface area contributed by atoms with Crippen molar-refractivity contribution in [1.82, 2.24) is 9.88 Å². The van der Waals surface area contributed by atoms with Gasteiger partial charge in [0.25, 0.3) is 0 Å². The third-order valence-corrected chi connectivity index (χ3v) is 4.17. The Morgan fingerprint density at radius 3 is 2.83 bits per heavy atom. The largest absolute Gasteiger partial charge is 0.481 e. The lowest BCUT2D eigenvalue weighted by atomic mass is 9.91. The van der Waals surface area contributed by atoms with Gasteiger partial charge in [-0.3, -0.25) is 9.78 Å². The van der Waals surface area contributed by atoms with E-state index in [1.165, 1.54) is 0 Å². The molecule has 0 aliphatic carbocycles. The Bertz CT molecular complexity index is 741. The molecule has 2 heterocycles. The first-order valence-corrected chi connectivity index (χ1v) is 7.67. The summed E-state index contributed by atoms with van der Waals surface area (Å²) in [4.78, 5) is 29.6. The molecule has 2 N–H and O–H groups in total. The molecule has 6 nitrogen and oxygen atoms in total. The highest BCUT2D eigenvalue weighted by molar-refractivity contribution is 5.99. The van der Waals surface area contributed by atoms with Crippen LogP contribution in [0, 0.1) is 11.8 Å². The number of nitrogens with one attached hydrogen (secondary N) is 1. The Kier molecular flexibility index (Phi) is 4.14. The van der Waals surface area contributed by atoms with E-state index in [-0.39, 0.29) is 18.5 Å². The summed E-state index contributed by atoms with van der Waals surface area (Å²) in [6, 6.07) is 9.09. The molecule has 6 heteroatoms. The predicted octanol–water partition coefficient (Wildman–Crippen LogP) is 2.81. The number of fused-ring (bicyclic) bond motifs is 1. The van der Waals surface area contributed by atoms with Crippen molar-refractivity contribution < 1.29 is 14.7 Å². The van der Waals surface area contributed by atoms with Crippen LogP contribution in [0.25, 0.3) is 10.9 Å². The summed E-state index contributed by atoms with van der Waals surface area (Å²) >= 11 is 0. The average molecular weight is 313 g/mol. The molecule has 3 rings (SSSR count). The van der Waals surface area contributed by atoms with Crippen LogP contribution in [0.15, 0.2) is 36.5 Å². The van der Waals surface area contributed by atoms with Gasteiger partial charge in [-0.25, -0.2) is 4.79 Å². The molecule has 1 aliphatic heterocycles. The van der Waals surface area contributed by atoms with Gasteiger partial charge in [-0.05, 0) is 24.5 Å². The highest BCUT2D eigenvalue weighted by atomic mass is 16.4. The summed E-state index contributed by atoms with van der Waals surface area (Å²) in [6.07, 6.45) is 2.29. The monoisotopic (exact) mass is 313 g/mol. The first kappa shape index (κ1) is 15.3. The molecule has 0 radical (unpaired) electrons. The van der Waals surface area contributed by atoms with Gasteiger partial charge in [0.15, 0.2) is 0 Å². The van der Waals surface area contributed by atoms with E-state index in [0.717, 1.165) is 10.9 Å². The normalized spacial score (nSPS) is 21.2. The number of rotatable bonds is 2. The zero-order valence-electron chi connectivity index (χ0n) is 12.9. The second-order valence-corrected chi connectivity index (χ2v) is 6.09. The number of para-hydroxylation sites is 1. The van der Waals surface area contributed by atoms with Gasteiger partial charge in [0.2, 0.25) is 0 Å². The smallest absolute Gasteiger partial charge is 0.321 e. The minimum atomic E-state index is -0.846. The molecule has 1 aromatic carbocycles. The minimum Gasteiger partial charge on any atom is -0.481 e. The molecule has 0 spiro atoms. The van der Waals surface area contributed by atoms with Crippen molar-refractivity contribution in [2.45, 2.75) is 13.3 Å². The summed E-state index contributed by atoms with van der Waals surface area (Å²) in [5, 5.41) is 13.0. The molecule has 2 atom stereocenters. The SMILES string of the molecule is CC1CC(C(=O)O)CN(C(=O)Nc2cccc3cccnc23)C1. The van der Waals surface area contributed by atoms with E-state index in [9.17, 15) is 14.7 Å². The van der Waals surface area contributed by atoms with Crippen molar-refractivity contribution in [2.75, 3.05) is 18.4 Å². The Balaban J connectivity index is 1.79. The number of carbonyl (C=O) groups excluding carboxylic acids is 1. The number of nitrogens with zero attached hydrogens (tertiary/aromatic N) is 2. The van der Waals surface area contributed by atoms with Gasteiger partial charge in [0.05, 0.1) is 17.1 Å². The van der Waals surface area contributed by atoms with Gasteiger partial charge in [-0.15, -0.1) is 0 Å². The predicted molar refractivity (Wildman–Crippen MR) is 87.2 cm³/mol. The third-order valence-electron chi connectivity index (χ3n) is 4.17. The second kappa shape index (κ2) is 6.24. The van der Waals surface area contributed by atoms with E-state index in [2.05, 4.69) is 10.3 Å². The summed E-state index contributed by atoms with van der Waals surface area (Å²) in [7, 11) is 0. The van der Waals surface area contributed by atoms with Gasteiger partial charge >= 0.3 is 12.0 Å². The summed E-state index contributed by atoms with van der Waals surface area (Å²) in [5.74, 6) is -1.18. The second-order valence-electron chi connectivity index (χ2n) is 6.09. The van der Waals surface area contributed by atoms with Crippen molar-refractivity contribution in [3.05, 3.63) is 36.5 Å². The lowest BCUT2D eigenvalue weighted by Gasteiger charge is -2.34. The number of aliphatic carboxylic acids is 1. The molecule has 2 unspecified atom stereocenters. The highest BCUT2D eigenvalue weighted by Gasteiger charge is 2.32. The van der Waals surface area contributed by atoms with E-state index < -0.39 is 11.9 Å². The molecule has 23 heavy (non-hydrogen) atoms. The number of hydrogen-bond donors (Lipinski definition) is 2. The van der Waals surface area contributed by atoms with Crippen LogP contribution in [0.4, 0.5) is 10.5 Å². The van der Waals surface area contributed by atoms with Crippen LogP contribution in [0.2, 0.25) is 0 Å². The molecule has 2 aromatic rings. The minimum absolute atomic E-state index is 0.168. The van der Waals surface area contributed by atoms with E-state index >= 15 is 0 Å². The summed E-state index contributed by atoms with van der Waals surface area (Å²) in [6.45, 7) is 2.77. The zero-order chi connectivity index (χ0) is 16.4. The first-order chi connectivity index (χ1) is 11.0. The van der Waals surface area contributed by atoms with Crippen LogP contribution in [0.5, 0.6) is 0 Å². The van der Waals surface area contributed by atoms with Gasteiger partial charge < -0.3 is 15.3 Å². The van der Waals surface area contributed by atoms with Crippen molar-refractivity contribution in [3.8, 4) is 0 Å². The highest BCUT2D eigenvalue weighted by Crippen LogP contribution is 2.24. The molecular formula is C17H19N3O3. The van der Waals surface area contributed by atoms with Crippen LogP contribution in [-0.4, -0.2) is 40.1 Å². The number of anilines is 1. The van der Waals surface area contributed by atoms with Gasteiger partial charge in [0.1, 0.15) is 0 Å². The number of pyridine rings is 1. The van der Waals surface area contributed by atoms with Crippen LogP contribution in [0.3, 0.4) is 0 Å².